The lowest BCUT2D eigenvalue weighted by atomic mass is 9.95. The summed E-state index contributed by atoms with van der Waals surface area (Å²) in [6.07, 6.45) is -2.47. The third-order valence-corrected chi connectivity index (χ3v) is 6.46. The molecule has 1 heterocycles. The van der Waals surface area contributed by atoms with Crippen LogP contribution in [-0.2, 0) is 29.1 Å². The highest BCUT2D eigenvalue weighted by atomic mass is 19.1. The fourth-order valence-electron chi connectivity index (χ4n) is 4.60. The molecule has 216 valence electrons. The molecule has 0 unspecified atom stereocenters. The number of carboxylic acid groups (broad SMARTS) is 1. The van der Waals surface area contributed by atoms with E-state index in [1.807, 2.05) is 45.0 Å². The highest BCUT2D eigenvalue weighted by molar-refractivity contribution is 5.94. The number of hydrogen-bond donors (Lipinski definition) is 3. The molecule has 0 aliphatic heterocycles. The molecule has 0 aliphatic carbocycles. The molecule has 1 aromatic heterocycles. The molecule has 9 nitrogen and oxygen atoms in total. The fraction of sp³-hybridized carbons (Fsp3) is 0.433. The van der Waals surface area contributed by atoms with E-state index in [0.29, 0.717) is 30.2 Å². The summed E-state index contributed by atoms with van der Waals surface area (Å²) in [5.74, 6) is -2.29. The van der Waals surface area contributed by atoms with Gasteiger partial charge in [0, 0.05) is 36.8 Å². The Labute approximate surface area is 233 Å². The second kappa shape index (κ2) is 14.7. The molecule has 3 N–H and O–H groups in total. The smallest absolute Gasteiger partial charge is 0.272 e. The van der Waals surface area contributed by atoms with Gasteiger partial charge in [0.15, 0.2) is 5.69 Å². The van der Waals surface area contributed by atoms with Crippen LogP contribution >= 0.6 is 0 Å². The van der Waals surface area contributed by atoms with Gasteiger partial charge in [-0.1, -0.05) is 38.1 Å². The lowest BCUT2D eigenvalue weighted by Crippen LogP contribution is -2.29. The first kappa shape index (κ1) is 30.9. The summed E-state index contributed by atoms with van der Waals surface area (Å²) < 4.78 is 20.7. The molecule has 0 radical (unpaired) electrons. The molecule has 2 aromatic carbocycles. The standard InChI is InChI=1S/C30H38FN3O6/c1-4-40-18-21-7-5-6-20(14-21)17-32-30(39)29-28(19(2)3)26(13-12-24(35)15-25(36)16-27(37)38)34(33-29)23-10-8-22(31)9-11-23/h5-11,14,19,24-25,35-36H,4,12-13,15-18H2,1-3H3,(H,32,39)(H,37,38)/p-1/t24-,25-/m1/s1. The quantitative estimate of drug-likeness (QED) is 0.263. The number of aliphatic hydroxyl groups excluding tert-OH is 2. The van der Waals surface area contributed by atoms with E-state index in [9.17, 15) is 29.3 Å². The molecule has 0 bridgehead atoms. The minimum atomic E-state index is -1.40. The van der Waals surface area contributed by atoms with E-state index in [2.05, 4.69) is 10.4 Å². The third-order valence-electron chi connectivity index (χ3n) is 6.46. The molecule has 0 saturated carbocycles. The lowest BCUT2D eigenvalue weighted by Gasteiger charge is -2.17. The van der Waals surface area contributed by atoms with Crippen LogP contribution in [0.5, 0.6) is 0 Å². The monoisotopic (exact) mass is 554 g/mol. The molecule has 40 heavy (non-hydrogen) atoms. The van der Waals surface area contributed by atoms with Crippen molar-refractivity contribution in [1.82, 2.24) is 15.1 Å². The van der Waals surface area contributed by atoms with Gasteiger partial charge in [-0.3, -0.25) is 4.79 Å². The van der Waals surface area contributed by atoms with Crippen LogP contribution < -0.4 is 10.4 Å². The molecule has 2 atom stereocenters. The summed E-state index contributed by atoms with van der Waals surface area (Å²) in [6.45, 7) is 7.17. The van der Waals surface area contributed by atoms with Crippen molar-refractivity contribution < 1.29 is 34.0 Å². The topological polar surface area (TPSA) is 137 Å². The molecule has 0 spiro atoms. The van der Waals surface area contributed by atoms with Gasteiger partial charge in [-0.25, -0.2) is 9.07 Å². The lowest BCUT2D eigenvalue weighted by molar-refractivity contribution is -0.307. The van der Waals surface area contributed by atoms with Crippen LogP contribution in [0.15, 0.2) is 48.5 Å². The molecule has 1 amide bonds. The van der Waals surface area contributed by atoms with E-state index < -0.39 is 30.4 Å². The average Bonchev–Trinajstić information content (AvgIpc) is 3.29. The number of nitrogens with one attached hydrogen (secondary N) is 1. The Hall–Kier alpha value is -3.60. The van der Waals surface area contributed by atoms with Gasteiger partial charge >= 0.3 is 0 Å². The molecular formula is C30H37FN3O6-. The summed E-state index contributed by atoms with van der Waals surface area (Å²) >= 11 is 0. The zero-order chi connectivity index (χ0) is 29.2. The van der Waals surface area contributed by atoms with Crippen molar-refractivity contribution in [3.63, 3.8) is 0 Å². The van der Waals surface area contributed by atoms with Gasteiger partial charge in [-0.15, -0.1) is 0 Å². The SMILES string of the molecule is CCOCc1cccc(CNC(=O)c2nn(-c3ccc(F)cc3)c(CC[C@@H](O)C[C@@H](O)CC(=O)[O-])c2C(C)C)c1. The van der Waals surface area contributed by atoms with E-state index in [4.69, 9.17) is 4.74 Å². The zero-order valence-electron chi connectivity index (χ0n) is 23.1. The normalized spacial score (nSPS) is 12.9. The van der Waals surface area contributed by atoms with Crippen molar-refractivity contribution in [2.24, 2.45) is 0 Å². The molecule has 3 aromatic rings. The largest absolute Gasteiger partial charge is 0.550 e. The summed E-state index contributed by atoms with van der Waals surface area (Å²) in [5.41, 5.74) is 4.04. The maximum atomic E-state index is 13.7. The van der Waals surface area contributed by atoms with E-state index in [1.54, 1.807) is 16.8 Å². The molecule has 0 aliphatic rings. The number of carbonyl (C=O) groups excluding carboxylic acids is 2. The van der Waals surface area contributed by atoms with Crippen molar-refractivity contribution in [3.8, 4) is 5.69 Å². The average molecular weight is 555 g/mol. The van der Waals surface area contributed by atoms with Crippen LogP contribution in [-0.4, -0.2) is 50.7 Å². The number of rotatable bonds is 15. The van der Waals surface area contributed by atoms with Crippen LogP contribution in [0, 0.1) is 5.82 Å². The number of hydrogen-bond acceptors (Lipinski definition) is 7. The Balaban J connectivity index is 1.87. The molecule has 0 saturated heterocycles. The number of benzene rings is 2. The van der Waals surface area contributed by atoms with Gasteiger partial charge in [-0.05, 0) is 67.5 Å². The number of nitrogens with zero attached hydrogens (tertiary/aromatic N) is 2. The van der Waals surface area contributed by atoms with Crippen LogP contribution in [0.4, 0.5) is 4.39 Å². The molecular weight excluding hydrogens is 517 g/mol. The number of amides is 1. The highest BCUT2D eigenvalue weighted by Crippen LogP contribution is 2.28. The third kappa shape index (κ3) is 8.70. The number of halogens is 1. The number of aliphatic hydroxyl groups is 2. The van der Waals surface area contributed by atoms with Crippen molar-refractivity contribution in [2.45, 2.75) is 77.7 Å². The second-order valence-electron chi connectivity index (χ2n) is 10.0. The number of ether oxygens (including phenoxy) is 1. The van der Waals surface area contributed by atoms with E-state index in [-0.39, 0.29) is 43.3 Å². The van der Waals surface area contributed by atoms with E-state index in [0.717, 1.165) is 11.1 Å². The highest BCUT2D eigenvalue weighted by Gasteiger charge is 2.26. The van der Waals surface area contributed by atoms with Gasteiger partial charge in [0.05, 0.1) is 24.5 Å². The van der Waals surface area contributed by atoms with Crippen molar-refractivity contribution in [2.75, 3.05) is 6.61 Å². The van der Waals surface area contributed by atoms with Crippen LogP contribution in [0.3, 0.4) is 0 Å². The first-order chi connectivity index (χ1) is 19.1. The Morgan fingerprint density at radius 1 is 1.10 bits per heavy atom. The first-order valence-corrected chi connectivity index (χ1v) is 13.5. The fourth-order valence-corrected chi connectivity index (χ4v) is 4.60. The van der Waals surface area contributed by atoms with Crippen molar-refractivity contribution in [1.29, 1.82) is 0 Å². The van der Waals surface area contributed by atoms with Gasteiger partial charge < -0.3 is 30.2 Å². The minimum absolute atomic E-state index is 0.111. The maximum absolute atomic E-state index is 13.7. The van der Waals surface area contributed by atoms with Crippen LogP contribution in [0.1, 0.15) is 78.8 Å². The Morgan fingerprint density at radius 3 is 2.45 bits per heavy atom. The van der Waals surface area contributed by atoms with Gasteiger partial charge in [0.25, 0.3) is 5.91 Å². The number of aromatic nitrogens is 2. The van der Waals surface area contributed by atoms with Gasteiger partial charge in [0.2, 0.25) is 0 Å². The molecule has 10 heteroatoms. The Morgan fingerprint density at radius 2 is 1.80 bits per heavy atom. The number of aliphatic carboxylic acids is 1. The summed E-state index contributed by atoms with van der Waals surface area (Å²) in [5, 5.41) is 38.7. The van der Waals surface area contributed by atoms with Gasteiger partial charge in [-0.2, -0.15) is 5.10 Å². The number of carboxylic acids is 1. The number of carbonyl (C=O) groups is 2. The van der Waals surface area contributed by atoms with E-state index >= 15 is 0 Å². The predicted octanol–water partition coefficient (Wildman–Crippen LogP) is 2.79. The predicted molar refractivity (Wildman–Crippen MR) is 145 cm³/mol. The second-order valence-corrected chi connectivity index (χ2v) is 10.0. The first-order valence-electron chi connectivity index (χ1n) is 13.5. The molecule has 3 rings (SSSR count). The summed E-state index contributed by atoms with van der Waals surface area (Å²) in [4.78, 5) is 24.2. The summed E-state index contributed by atoms with van der Waals surface area (Å²) in [7, 11) is 0. The minimum Gasteiger partial charge on any atom is -0.550 e. The van der Waals surface area contributed by atoms with E-state index in [1.165, 1.54) is 12.1 Å². The summed E-state index contributed by atoms with van der Waals surface area (Å²) in [6, 6.07) is 13.5. The Bertz CT molecular complexity index is 1270. The van der Waals surface area contributed by atoms with Crippen molar-refractivity contribution in [3.05, 3.63) is 82.4 Å². The van der Waals surface area contributed by atoms with Crippen LogP contribution in [0.2, 0.25) is 0 Å². The van der Waals surface area contributed by atoms with Crippen LogP contribution in [0.25, 0.3) is 5.69 Å². The zero-order valence-corrected chi connectivity index (χ0v) is 23.1. The van der Waals surface area contributed by atoms with Crippen molar-refractivity contribution >= 4 is 11.9 Å². The maximum Gasteiger partial charge on any atom is 0.272 e. The molecule has 0 fully saturated rings. The Kier molecular flexibility index (Phi) is 11.4. The van der Waals surface area contributed by atoms with Gasteiger partial charge in [0.1, 0.15) is 5.82 Å².